The monoisotopic (exact) mass is 394 g/mol. The van der Waals surface area contributed by atoms with Gasteiger partial charge in [-0.2, -0.15) is 0 Å². The van der Waals surface area contributed by atoms with Crippen molar-refractivity contribution in [1.29, 1.82) is 0 Å². The quantitative estimate of drug-likeness (QED) is 0.689. The number of aryl methyl sites for hydroxylation is 1. The molecule has 0 unspecified atom stereocenters. The SMILES string of the molecule is Cc1nnc(C23CC(CN2C(=O)Nc2cccc(-c4cccc(Cl)c4)c2)C3)o1. The lowest BCUT2D eigenvalue weighted by molar-refractivity contribution is 0.0965. The number of urea groups is 1. The Morgan fingerprint density at radius 1 is 1.18 bits per heavy atom. The summed E-state index contributed by atoms with van der Waals surface area (Å²) < 4.78 is 5.67. The highest BCUT2D eigenvalue weighted by Crippen LogP contribution is 2.56. The third-order valence-electron chi connectivity index (χ3n) is 5.65. The van der Waals surface area contributed by atoms with E-state index < -0.39 is 5.54 Å². The van der Waals surface area contributed by atoms with E-state index in [1.807, 2.05) is 53.4 Å². The van der Waals surface area contributed by atoms with Crippen LogP contribution in [0.3, 0.4) is 0 Å². The number of carbonyl (C=O) groups excluding carboxylic acids is 1. The minimum absolute atomic E-state index is 0.140. The van der Waals surface area contributed by atoms with Gasteiger partial charge in [-0.15, -0.1) is 10.2 Å². The molecule has 1 aliphatic carbocycles. The first-order chi connectivity index (χ1) is 13.5. The van der Waals surface area contributed by atoms with Gasteiger partial charge in [-0.3, -0.25) is 0 Å². The standard InChI is InChI=1S/C21H19ClN4O2/c1-13-24-25-19(28-13)21-10-14(11-21)12-26(21)20(27)23-18-7-3-5-16(9-18)15-4-2-6-17(22)8-15/h2-9,14H,10-12H2,1H3,(H,23,27). The second-order valence-corrected chi connectivity index (χ2v) is 8.00. The Balaban J connectivity index is 1.38. The second-order valence-electron chi connectivity index (χ2n) is 7.56. The Hall–Kier alpha value is -2.86. The van der Waals surface area contributed by atoms with Crippen molar-refractivity contribution in [2.75, 3.05) is 11.9 Å². The van der Waals surface area contributed by atoms with Crippen molar-refractivity contribution >= 4 is 23.3 Å². The molecule has 1 saturated carbocycles. The van der Waals surface area contributed by atoms with Crippen LogP contribution in [0.25, 0.3) is 11.1 Å². The molecule has 0 radical (unpaired) electrons. The fourth-order valence-electron chi connectivity index (χ4n) is 4.37. The number of carbonyl (C=O) groups is 1. The Kier molecular flexibility index (Phi) is 3.91. The average molecular weight is 395 g/mol. The third kappa shape index (κ3) is 2.76. The summed E-state index contributed by atoms with van der Waals surface area (Å²) in [5, 5.41) is 11.8. The lowest BCUT2D eigenvalue weighted by Gasteiger charge is -2.38. The zero-order valence-electron chi connectivity index (χ0n) is 15.4. The average Bonchev–Trinajstić information content (AvgIpc) is 3.34. The summed E-state index contributed by atoms with van der Waals surface area (Å²) in [4.78, 5) is 14.9. The molecule has 2 amide bonds. The molecule has 7 heteroatoms. The van der Waals surface area contributed by atoms with Crippen LogP contribution in [0, 0.1) is 12.8 Å². The fraction of sp³-hybridized carbons (Fsp3) is 0.286. The number of hydrogen-bond donors (Lipinski definition) is 1. The lowest BCUT2D eigenvalue weighted by atomic mass is 9.73. The van der Waals surface area contributed by atoms with Gasteiger partial charge in [0.2, 0.25) is 11.8 Å². The molecule has 1 aromatic heterocycles. The molecule has 2 aromatic carbocycles. The molecule has 6 rings (SSSR count). The number of aromatic nitrogens is 2. The van der Waals surface area contributed by atoms with Crippen LogP contribution in [0.1, 0.15) is 24.6 Å². The number of amides is 2. The predicted octanol–water partition coefficient (Wildman–Crippen LogP) is 4.85. The maximum absolute atomic E-state index is 13.0. The summed E-state index contributed by atoms with van der Waals surface area (Å²) in [7, 11) is 0. The largest absolute Gasteiger partial charge is 0.423 e. The first-order valence-electron chi connectivity index (χ1n) is 9.29. The van der Waals surface area contributed by atoms with Crippen molar-refractivity contribution < 1.29 is 9.21 Å². The van der Waals surface area contributed by atoms with E-state index in [4.69, 9.17) is 16.0 Å². The van der Waals surface area contributed by atoms with Crippen LogP contribution in [0.2, 0.25) is 5.02 Å². The summed E-state index contributed by atoms with van der Waals surface area (Å²) in [6, 6.07) is 15.3. The number of hydrogen-bond acceptors (Lipinski definition) is 4. The van der Waals surface area contributed by atoms with Crippen molar-refractivity contribution in [3.05, 3.63) is 65.3 Å². The van der Waals surface area contributed by atoms with Crippen LogP contribution < -0.4 is 5.32 Å². The molecular formula is C21H19ClN4O2. The summed E-state index contributed by atoms with van der Waals surface area (Å²) in [5.74, 6) is 1.56. The molecule has 6 nitrogen and oxygen atoms in total. The highest BCUT2D eigenvalue weighted by molar-refractivity contribution is 6.30. The summed E-state index contributed by atoms with van der Waals surface area (Å²) in [6.45, 7) is 2.48. The normalized spacial score (nSPS) is 22.8. The molecule has 0 spiro atoms. The molecule has 1 N–H and O–H groups in total. The topological polar surface area (TPSA) is 71.3 Å². The van der Waals surface area contributed by atoms with Gasteiger partial charge in [0.1, 0.15) is 5.54 Å². The minimum atomic E-state index is -0.458. The van der Waals surface area contributed by atoms with Crippen LogP contribution in [0.15, 0.2) is 52.9 Å². The van der Waals surface area contributed by atoms with Crippen molar-refractivity contribution in [2.45, 2.75) is 25.3 Å². The Morgan fingerprint density at radius 3 is 2.64 bits per heavy atom. The number of benzene rings is 2. The van der Waals surface area contributed by atoms with E-state index >= 15 is 0 Å². The number of fused-ring (bicyclic) bond motifs is 1. The summed E-state index contributed by atoms with van der Waals surface area (Å²) in [6.07, 6.45) is 1.76. The second kappa shape index (κ2) is 6.34. The van der Waals surface area contributed by atoms with Crippen LogP contribution in [-0.2, 0) is 5.54 Å². The van der Waals surface area contributed by atoms with E-state index in [1.54, 1.807) is 6.92 Å². The molecule has 3 aromatic rings. The zero-order chi connectivity index (χ0) is 19.3. The van der Waals surface area contributed by atoms with Gasteiger partial charge in [0, 0.05) is 24.2 Å². The highest BCUT2D eigenvalue weighted by Gasteiger charge is 2.62. The maximum atomic E-state index is 13.0. The van der Waals surface area contributed by atoms with Crippen molar-refractivity contribution in [3.63, 3.8) is 0 Å². The molecule has 0 atom stereocenters. The van der Waals surface area contributed by atoms with E-state index in [9.17, 15) is 4.79 Å². The van der Waals surface area contributed by atoms with Gasteiger partial charge in [0.15, 0.2) is 0 Å². The zero-order valence-corrected chi connectivity index (χ0v) is 16.1. The molecule has 3 aliphatic rings. The predicted molar refractivity (Wildman–Crippen MR) is 106 cm³/mol. The van der Waals surface area contributed by atoms with Crippen molar-refractivity contribution in [3.8, 4) is 11.1 Å². The van der Waals surface area contributed by atoms with Gasteiger partial charge >= 0.3 is 6.03 Å². The summed E-state index contributed by atoms with van der Waals surface area (Å²) in [5.41, 5.74) is 2.28. The van der Waals surface area contributed by atoms with Crippen LogP contribution >= 0.6 is 11.6 Å². The van der Waals surface area contributed by atoms with E-state index in [0.717, 1.165) is 29.7 Å². The third-order valence-corrected chi connectivity index (χ3v) is 5.89. The van der Waals surface area contributed by atoms with E-state index in [-0.39, 0.29) is 6.03 Å². The smallest absolute Gasteiger partial charge is 0.322 e. The molecule has 142 valence electrons. The first-order valence-corrected chi connectivity index (χ1v) is 9.66. The molecule has 2 saturated heterocycles. The van der Waals surface area contributed by atoms with E-state index in [1.165, 1.54) is 0 Å². The number of rotatable bonds is 3. The molecular weight excluding hydrogens is 376 g/mol. The number of nitrogens with one attached hydrogen (secondary N) is 1. The Morgan fingerprint density at radius 2 is 1.93 bits per heavy atom. The summed E-state index contributed by atoms with van der Waals surface area (Å²) >= 11 is 6.10. The minimum Gasteiger partial charge on any atom is -0.423 e. The fourth-order valence-corrected chi connectivity index (χ4v) is 4.56. The van der Waals surface area contributed by atoms with Gasteiger partial charge < -0.3 is 14.6 Å². The van der Waals surface area contributed by atoms with Crippen molar-refractivity contribution in [1.82, 2.24) is 15.1 Å². The molecule has 2 bridgehead atoms. The van der Waals surface area contributed by atoms with Crippen LogP contribution in [0.5, 0.6) is 0 Å². The lowest BCUT2D eigenvalue weighted by Crippen LogP contribution is -2.47. The number of nitrogens with zero attached hydrogens (tertiary/aromatic N) is 3. The molecule has 28 heavy (non-hydrogen) atoms. The molecule has 2 aliphatic heterocycles. The first kappa shape index (κ1) is 17.3. The Labute approximate surface area is 167 Å². The van der Waals surface area contributed by atoms with Gasteiger partial charge in [0.25, 0.3) is 0 Å². The molecule has 3 fully saturated rings. The van der Waals surface area contributed by atoms with Gasteiger partial charge in [0.05, 0.1) is 0 Å². The van der Waals surface area contributed by atoms with Crippen LogP contribution in [0.4, 0.5) is 10.5 Å². The van der Waals surface area contributed by atoms with E-state index in [0.29, 0.717) is 29.3 Å². The van der Waals surface area contributed by atoms with E-state index in [2.05, 4.69) is 15.5 Å². The number of halogens is 1. The maximum Gasteiger partial charge on any atom is 0.322 e. The van der Waals surface area contributed by atoms with Gasteiger partial charge in [-0.05, 0) is 54.2 Å². The van der Waals surface area contributed by atoms with Crippen molar-refractivity contribution in [2.24, 2.45) is 5.92 Å². The number of anilines is 1. The van der Waals surface area contributed by atoms with Crippen LogP contribution in [-0.4, -0.2) is 27.7 Å². The Bertz CT molecular complexity index is 1060. The van der Waals surface area contributed by atoms with Gasteiger partial charge in [-0.25, -0.2) is 4.79 Å². The highest BCUT2D eigenvalue weighted by atomic mass is 35.5. The molecule has 3 heterocycles. The van der Waals surface area contributed by atoms with Gasteiger partial charge in [-0.1, -0.05) is 35.9 Å².